The molecule has 1 aromatic carbocycles. The highest BCUT2D eigenvalue weighted by atomic mass is 35.5. The standard InChI is InChI=1S/C22H24ClN3/c1-15-4-9-20-22(24-15)21-18-3-2-12-25(18)13-11-19(21)26(20)14-10-16-5-7-17(23)8-6-16/h4-9,18H,2-3,10-14H2,1H3. The van der Waals surface area contributed by atoms with Crippen molar-refractivity contribution in [3.05, 3.63) is 63.9 Å². The van der Waals surface area contributed by atoms with Crippen molar-refractivity contribution in [3.8, 4) is 0 Å². The number of fused-ring (bicyclic) bond motifs is 5. The fourth-order valence-corrected chi connectivity index (χ4v) is 4.96. The van der Waals surface area contributed by atoms with Gasteiger partial charge in [0.05, 0.1) is 11.0 Å². The lowest BCUT2D eigenvalue weighted by Crippen LogP contribution is -2.31. The summed E-state index contributed by atoms with van der Waals surface area (Å²) in [6.07, 6.45) is 4.75. The Balaban J connectivity index is 1.57. The van der Waals surface area contributed by atoms with Gasteiger partial charge in [-0.2, -0.15) is 0 Å². The van der Waals surface area contributed by atoms with Gasteiger partial charge in [0, 0.05) is 47.5 Å². The summed E-state index contributed by atoms with van der Waals surface area (Å²) < 4.78 is 2.54. The number of aromatic nitrogens is 2. The van der Waals surface area contributed by atoms with Gasteiger partial charge < -0.3 is 4.57 Å². The molecule has 0 saturated carbocycles. The first-order valence-electron chi connectivity index (χ1n) is 9.68. The minimum atomic E-state index is 0.576. The predicted molar refractivity (Wildman–Crippen MR) is 107 cm³/mol. The van der Waals surface area contributed by atoms with E-state index in [0.717, 1.165) is 30.1 Å². The zero-order valence-electron chi connectivity index (χ0n) is 15.2. The van der Waals surface area contributed by atoms with Gasteiger partial charge in [-0.15, -0.1) is 0 Å². The molecule has 3 nitrogen and oxygen atoms in total. The van der Waals surface area contributed by atoms with Crippen molar-refractivity contribution < 1.29 is 0 Å². The number of nitrogens with zero attached hydrogens (tertiary/aromatic N) is 3. The molecular weight excluding hydrogens is 342 g/mol. The minimum Gasteiger partial charge on any atom is -0.343 e. The monoisotopic (exact) mass is 365 g/mol. The van der Waals surface area contributed by atoms with Crippen LogP contribution in [0, 0.1) is 6.92 Å². The lowest BCUT2D eigenvalue weighted by molar-refractivity contribution is 0.241. The van der Waals surface area contributed by atoms with Gasteiger partial charge in [0.1, 0.15) is 0 Å². The van der Waals surface area contributed by atoms with Crippen molar-refractivity contribution in [3.63, 3.8) is 0 Å². The molecule has 1 fully saturated rings. The second kappa shape index (κ2) is 6.40. The number of pyridine rings is 1. The molecule has 0 aliphatic carbocycles. The zero-order valence-corrected chi connectivity index (χ0v) is 16.0. The average Bonchev–Trinajstić information content (AvgIpc) is 3.23. The third-order valence-corrected chi connectivity index (χ3v) is 6.32. The number of hydrogen-bond donors (Lipinski definition) is 0. The molecule has 0 amide bonds. The minimum absolute atomic E-state index is 0.576. The van der Waals surface area contributed by atoms with Crippen molar-refractivity contribution in [2.24, 2.45) is 0 Å². The highest BCUT2D eigenvalue weighted by Crippen LogP contribution is 2.42. The van der Waals surface area contributed by atoms with Crippen molar-refractivity contribution in [1.29, 1.82) is 0 Å². The topological polar surface area (TPSA) is 21.1 Å². The normalized spacial score (nSPS) is 19.7. The Morgan fingerprint density at radius 1 is 1.12 bits per heavy atom. The summed E-state index contributed by atoms with van der Waals surface area (Å²) >= 11 is 6.03. The van der Waals surface area contributed by atoms with Crippen LogP contribution in [0.25, 0.3) is 11.0 Å². The SMILES string of the molecule is Cc1ccc2c(n1)c1c(n2CCc2ccc(Cl)cc2)CCN2CCCC12. The summed E-state index contributed by atoms with van der Waals surface area (Å²) in [4.78, 5) is 7.63. The van der Waals surface area contributed by atoms with Crippen molar-refractivity contribution in [1.82, 2.24) is 14.5 Å². The van der Waals surface area contributed by atoms with Crippen LogP contribution >= 0.6 is 11.6 Å². The van der Waals surface area contributed by atoms with Gasteiger partial charge in [-0.1, -0.05) is 23.7 Å². The van der Waals surface area contributed by atoms with Gasteiger partial charge in [0.25, 0.3) is 0 Å². The second-order valence-corrected chi connectivity index (χ2v) is 8.09. The van der Waals surface area contributed by atoms with Crippen LogP contribution in [0.3, 0.4) is 0 Å². The largest absolute Gasteiger partial charge is 0.343 e. The van der Waals surface area contributed by atoms with Gasteiger partial charge in [-0.3, -0.25) is 9.88 Å². The third kappa shape index (κ3) is 2.65. The van der Waals surface area contributed by atoms with E-state index in [1.807, 2.05) is 12.1 Å². The molecule has 1 atom stereocenters. The lowest BCUT2D eigenvalue weighted by Gasteiger charge is -2.30. The molecule has 0 N–H and O–H groups in total. The molecule has 5 rings (SSSR count). The number of halogens is 1. The first-order valence-corrected chi connectivity index (χ1v) is 10.1. The highest BCUT2D eigenvalue weighted by Gasteiger charge is 2.35. The van der Waals surface area contributed by atoms with Crippen LogP contribution in [0.1, 0.15) is 41.4 Å². The summed E-state index contributed by atoms with van der Waals surface area (Å²) in [6, 6.07) is 13.3. The van der Waals surface area contributed by atoms with Crippen LogP contribution in [0.2, 0.25) is 5.02 Å². The Morgan fingerprint density at radius 3 is 2.81 bits per heavy atom. The molecule has 4 heterocycles. The van der Waals surface area contributed by atoms with Crippen molar-refractivity contribution in [2.45, 2.75) is 45.2 Å². The van der Waals surface area contributed by atoms with Crippen LogP contribution < -0.4 is 0 Å². The number of hydrogen-bond acceptors (Lipinski definition) is 2. The van der Waals surface area contributed by atoms with Gasteiger partial charge in [-0.25, -0.2) is 0 Å². The van der Waals surface area contributed by atoms with E-state index in [0.29, 0.717) is 6.04 Å². The van der Waals surface area contributed by atoms with Gasteiger partial charge in [0.15, 0.2) is 0 Å². The van der Waals surface area contributed by atoms with E-state index in [-0.39, 0.29) is 0 Å². The Morgan fingerprint density at radius 2 is 1.96 bits per heavy atom. The molecule has 1 unspecified atom stereocenters. The molecule has 1 saturated heterocycles. The van der Waals surface area contributed by atoms with Crippen LogP contribution in [-0.2, 0) is 19.4 Å². The third-order valence-electron chi connectivity index (χ3n) is 6.07. The van der Waals surface area contributed by atoms with E-state index < -0.39 is 0 Å². The van der Waals surface area contributed by atoms with E-state index in [1.54, 1.807) is 0 Å². The fraction of sp³-hybridized carbons (Fsp3) is 0.409. The number of aryl methyl sites for hydroxylation is 3. The number of benzene rings is 1. The smallest absolute Gasteiger partial charge is 0.0934 e. The van der Waals surface area contributed by atoms with E-state index in [4.69, 9.17) is 16.6 Å². The van der Waals surface area contributed by atoms with Gasteiger partial charge >= 0.3 is 0 Å². The summed E-state index contributed by atoms with van der Waals surface area (Å²) in [5, 5.41) is 0.804. The lowest BCUT2D eigenvalue weighted by atomic mass is 9.98. The van der Waals surface area contributed by atoms with E-state index >= 15 is 0 Å². The van der Waals surface area contributed by atoms with Crippen LogP contribution in [0.5, 0.6) is 0 Å². The van der Waals surface area contributed by atoms with Crippen LogP contribution in [0.4, 0.5) is 0 Å². The first-order chi connectivity index (χ1) is 12.7. The Kier molecular flexibility index (Phi) is 4.02. The fourth-order valence-electron chi connectivity index (χ4n) is 4.83. The first kappa shape index (κ1) is 16.3. The van der Waals surface area contributed by atoms with Crippen LogP contribution in [-0.4, -0.2) is 27.5 Å². The summed E-state index contributed by atoms with van der Waals surface area (Å²) in [5.74, 6) is 0. The molecule has 2 aromatic heterocycles. The molecule has 0 spiro atoms. The molecule has 26 heavy (non-hydrogen) atoms. The maximum atomic E-state index is 6.03. The molecule has 4 heteroatoms. The van der Waals surface area contributed by atoms with E-state index in [2.05, 4.69) is 40.7 Å². The molecule has 0 bridgehead atoms. The highest BCUT2D eigenvalue weighted by molar-refractivity contribution is 6.30. The van der Waals surface area contributed by atoms with Gasteiger partial charge in [-0.05, 0) is 62.6 Å². The molecule has 2 aliphatic rings. The maximum absolute atomic E-state index is 6.03. The number of rotatable bonds is 3. The average molecular weight is 366 g/mol. The molecule has 134 valence electrons. The second-order valence-electron chi connectivity index (χ2n) is 7.65. The van der Waals surface area contributed by atoms with Crippen molar-refractivity contribution >= 4 is 22.6 Å². The zero-order chi connectivity index (χ0) is 17.7. The van der Waals surface area contributed by atoms with E-state index in [1.165, 1.54) is 53.8 Å². The predicted octanol–water partition coefficient (Wildman–Crippen LogP) is 4.93. The summed E-state index contributed by atoms with van der Waals surface area (Å²) in [5.41, 5.74) is 8.04. The summed E-state index contributed by atoms with van der Waals surface area (Å²) in [6.45, 7) is 5.54. The van der Waals surface area contributed by atoms with Crippen molar-refractivity contribution in [2.75, 3.05) is 13.1 Å². The quantitative estimate of drug-likeness (QED) is 0.655. The molecule has 2 aliphatic heterocycles. The Bertz CT molecular complexity index is 958. The molecular formula is C22H24ClN3. The Labute approximate surface area is 159 Å². The maximum Gasteiger partial charge on any atom is 0.0934 e. The van der Waals surface area contributed by atoms with E-state index in [9.17, 15) is 0 Å². The van der Waals surface area contributed by atoms with Gasteiger partial charge in [0.2, 0.25) is 0 Å². The molecule has 0 radical (unpaired) electrons. The molecule has 3 aromatic rings. The summed E-state index contributed by atoms with van der Waals surface area (Å²) in [7, 11) is 0. The Hall–Kier alpha value is -1.84. The van der Waals surface area contributed by atoms with Crippen LogP contribution in [0.15, 0.2) is 36.4 Å².